The van der Waals surface area contributed by atoms with Crippen LogP contribution in [0.3, 0.4) is 0 Å². The summed E-state index contributed by atoms with van der Waals surface area (Å²) in [7, 11) is 2.00. The quantitative estimate of drug-likeness (QED) is 0.568. The van der Waals surface area contributed by atoms with E-state index in [9.17, 15) is 0 Å². The van der Waals surface area contributed by atoms with E-state index < -0.39 is 0 Å². The standard InChI is InChI=1S/C12H24N2/c1-5-8-12(11-13-4)14(9-6-2)10-7-3/h6-7,12-13H,2-3,5,8-11H2,1,4H3. The Hall–Kier alpha value is -0.600. The van der Waals surface area contributed by atoms with E-state index in [4.69, 9.17) is 0 Å². The minimum absolute atomic E-state index is 0.598. The van der Waals surface area contributed by atoms with Gasteiger partial charge in [-0.25, -0.2) is 0 Å². The van der Waals surface area contributed by atoms with Crippen molar-refractivity contribution < 1.29 is 0 Å². The van der Waals surface area contributed by atoms with Crippen molar-refractivity contribution >= 4 is 0 Å². The molecule has 0 aliphatic rings. The maximum Gasteiger partial charge on any atom is 0.0227 e. The van der Waals surface area contributed by atoms with Crippen LogP contribution in [0.25, 0.3) is 0 Å². The van der Waals surface area contributed by atoms with Gasteiger partial charge in [0, 0.05) is 25.7 Å². The first-order valence-corrected chi connectivity index (χ1v) is 5.40. The first-order chi connectivity index (χ1) is 6.79. The first kappa shape index (κ1) is 13.4. The van der Waals surface area contributed by atoms with Crippen LogP contribution in [-0.4, -0.2) is 37.6 Å². The monoisotopic (exact) mass is 196 g/mol. The van der Waals surface area contributed by atoms with Gasteiger partial charge in [0.1, 0.15) is 0 Å². The molecule has 14 heavy (non-hydrogen) atoms. The highest BCUT2D eigenvalue weighted by atomic mass is 15.2. The summed E-state index contributed by atoms with van der Waals surface area (Å²) >= 11 is 0. The van der Waals surface area contributed by atoms with Crippen LogP contribution in [0.15, 0.2) is 25.3 Å². The molecule has 0 aliphatic heterocycles. The summed E-state index contributed by atoms with van der Waals surface area (Å²) in [6.07, 6.45) is 6.36. The van der Waals surface area contributed by atoms with Gasteiger partial charge in [0.15, 0.2) is 0 Å². The molecule has 0 aromatic rings. The van der Waals surface area contributed by atoms with Crippen molar-refractivity contribution in [1.29, 1.82) is 0 Å². The lowest BCUT2D eigenvalue weighted by atomic mass is 10.1. The molecule has 0 radical (unpaired) electrons. The van der Waals surface area contributed by atoms with Gasteiger partial charge in [-0.05, 0) is 13.5 Å². The lowest BCUT2D eigenvalue weighted by Crippen LogP contribution is -2.41. The highest BCUT2D eigenvalue weighted by Gasteiger charge is 2.13. The van der Waals surface area contributed by atoms with Crippen LogP contribution >= 0.6 is 0 Å². The molecule has 82 valence electrons. The third-order valence-corrected chi connectivity index (χ3v) is 2.31. The van der Waals surface area contributed by atoms with Gasteiger partial charge in [-0.3, -0.25) is 4.90 Å². The molecule has 1 atom stereocenters. The van der Waals surface area contributed by atoms with E-state index in [1.54, 1.807) is 0 Å². The first-order valence-electron chi connectivity index (χ1n) is 5.40. The lowest BCUT2D eigenvalue weighted by Gasteiger charge is -2.29. The van der Waals surface area contributed by atoms with Crippen LogP contribution in [-0.2, 0) is 0 Å². The summed E-state index contributed by atoms with van der Waals surface area (Å²) in [6.45, 7) is 12.7. The molecular formula is C12H24N2. The zero-order valence-electron chi connectivity index (χ0n) is 9.63. The zero-order chi connectivity index (χ0) is 10.8. The largest absolute Gasteiger partial charge is 0.318 e. The molecule has 0 aromatic carbocycles. The molecule has 0 spiro atoms. The Balaban J connectivity index is 4.19. The van der Waals surface area contributed by atoms with Gasteiger partial charge >= 0.3 is 0 Å². The summed E-state index contributed by atoms with van der Waals surface area (Å²) in [5.41, 5.74) is 0. The van der Waals surface area contributed by atoms with Gasteiger partial charge in [0.05, 0.1) is 0 Å². The minimum Gasteiger partial charge on any atom is -0.318 e. The Morgan fingerprint density at radius 1 is 1.29 bits per heavy atom. The molecule has 0 fully saturated rings. The Morgan fingerprint density at radius 3 is 2.21 bits per heavy atom. The molecule has 0 bridgehead atoms. The average molecular weight is 196 g/mol. The molecule has 1 unspecified atom stereocenters. The smallest absolute Gasteiger partial charge is 0.0227 e. The number of hydrogen-bond donors (Lipinski definition) is 1. The van der Waals surface area contributed by atoms with Crippen molar-refractivity contribution in [2.45, 2.75) is 25.8 Å². The molecule has 1 N–H and O–H groups in total. The van der Waals surface area contributed by atoms with Gasteiger partial charge in [0.2, 0.25) is 0 Å². The summed E-state index contributed by atoms with van der Waals surface area (Å²) in [5.74, 6) is 0. The third-order valence-electron chi connectivity index (χ3n) is 2.31. The van der Waals surface area contributed by atoms with E-state index in [0.29, 0.717) is 6.04 Å². The zero-order valence-corrected chi connectivity index (χ0v) is 9.63. The maximum absolute atomic E-state index is 3.79. The third kappa shape index (κ3) is 5.20. The highest BCUT2D eigenvalue weighted by Crippen LogP contribution is 2.06. The van der Waals surface area contributed by atoms with E-state index >= 15 is 0 Å². The maximum atomic E-state index is 3.79. The molecule has 0 amide bonds. The molecule has 0 aliphatic carbocycles. The molecule has 0 saturated heterocycles. The molecule has 0 heterocycles. The minimum atomic E-state index is 0.598. The summed E-state index contributed by atoms with van der Waals surface area (Å²) in [6, 6.07) is 0.598. The molecule has 0 aromatic heterocycles. The van der Waals surface area contributed by atoms with Crippen LogP contribution in [0.2, 0.25) is 0 Å². The predicted molar refractivity (Wildman–Crippen MR) is 64.6 cm³/mol. The van der Waals surface area contributed by atoms with Crippen molar-refractivity contribution in [2.24, 2.45) is 0 Å². The number of nitrogens with zero attached hydrogens (tertiary/aromatic N) is 1. The number of likely N-dealkylation sites (N-methyl/N-ethyl adjacent to an activating group) is 1. The average Bonchev–Trinajstić information content (AvgIpc) is 2.17. The Kier molecular flexibility index (Phi) is 8.59. The second kappa shape index (κ2) is 8.97. The van der Waals surface area contributed by atoms with Crippen LogP contribution in [0.1, 0.15) is 19.8 Å². The Morgan fingerprint density at radius 2 is 1.86 bits per heavy atom. The van der Waals surface area contributed by atoms with E-state index in [1.807, 2.05) is 19.2 Å². The lowest BCUT2D eigenvalue weighted by molar-refractivity contribution is 0.223. The molecule has 2 heteroatoms. The van der Waals surface area contributed by atoms with E-state index in [1.165, 1.54) is 12.8 Å². The molecule has 0 rings (SSSR count). The fourth-order valence-electron chi connectivity index (χ4n) is 1.69. The van der Waals surface area contributed by atoms with Crippen LogP contribution in [0, 0.1) is 0 Å². The normalized spacial score (nSPS) is 12.8. The second-order valence-electron chi connectivity index (χ2n) is 3.53. The number of hydrogen-bond acceptors (Lipinski definition) is 2. The summed E-state index contributed by atoms with van der Waals surface area (Å²) in [4.78, 5) is 2.40. The number of rotatable bonds is 9. The van der Waals surface area contributed by atoms with Gasteiger partial charge in [-0.15, -0.1) is 13.2 Å². The van der Waals surface area contributed by atoms with Crippen LogP contribution in [0.5, 0.6) is 0 Å². The fraction of sp³-hybridized carbons (Fsp3) is 0.667. The second-order valence-corrected chi connectivity index (χ2v) is 3.53. The SMILES string of the molecule is C=CCN(CC=C)C(CCC)CNC. The topological polar surface area (TPSA) is 15.3 Å². The van der Waals surface area contributed by atoms with Crippen molar-refractivity contribution in [3.8, 4) is 0 Å². The van der Waals surface area contributed by atoms with Crippen molar-refractivity contribution in [1.82, 2.24) is 10.2 Å². The van der Waals surface area contributed by atoms with E-state index in [-0.39, 0.29) is 0 Å². The van der Waals surface area contributed by atoms with Gasteiger partial charge in [-0.2, -0.15) is 0 Å². The number of nitrogens with one attached hydrogen (secondary N) is 1. The van der Waals surface area contributed by atoms with E-state index in [2.05, 4.69) is 30.3 Å². The van der Waals surface area contributed by atoms with Crippen molar-refractivity contribution in [3.05, 3.63) is 25.3 Å². The molecular weight excluding hydrogens is 172 g/mol. The molecule has 2 nitrogen and oxygen atoms in total. The van der Waals surface area contributed by atoms with Gasteiger partial charge in [-0.1, -0.05) is 25.5 Å². The van der Waals surface area contributed by atoms with Crippen LogP contribution in [0.4, 0.5) is 0 Å². The fourth-order valence-corrected chi connectivity index (χ4v) is 1.69. The predicted octanol–water partition coefficient (Wildman–Crippen LogP) is 2.05. The Labute approximate surface area is 88.7 Å². The van der Waals surface area contributed by atoms with Crippen molar-refractivity contribution in [3.63, 3.8) is 0 Å². The van der Waals surface area contributed by atoms with E-state index in [0.717, 1.165) is 19.6 Å². The summed E-state index contributed by atoms with van der Waals surface area (Å²) < 4.78 is 0. The summed E-state index contributed by atoms with van der Waals surface area (Å²) in [5, 5.41) is 3.24. The van der Waals surface area contributed by atoms with Gasteiger partial charge in [0.25, 0.3) is 0 Å². The van der Waals surface area contributed by atoms with Crippen molar-refractivity contribution in [2.75, 3.05) is 26.7 Å². The Bertz CT molecular complexity index is 138. The van der Waals surface area contributed by atoms with Gasteiger partial charge < -0.3 is 5.32 Å². The van der Waals surface area contributed by atoms with Crippen LogP contribution < -0.4 is 5.32 Å². The molecule has 0 saturated carbocycles. The highest BCUT2D eigenvalue weighted by molar-refractivity contribution is 4.85.